The molecule has 7 nitrogen and oxygen atoms in total. The van der Waals surface area contributed by atoms with Crippen molar-refractivity contribution in [2.75, 3.05) is 13.1 Å². The number of hydrogen-bond acceptors (Lipinski definition) is 6. The van der Waals surface area contributed by atoms with Crippen molar-refractivity contribution in [3.05, 3.63) is 77.9 Å². The van der Waals surface area contributed by atoms with E-state index in [4.69, 9.17) is 0 Å². The van der Waals surface area contributed by atoms with Gasteiger partial charge < -0.3 is 10.4 Å². The molecule has 2 N–H and O–H groups in total. The third-order valence-electron chi connectivity index (χ3n) is 5.32. The van der Waals surface area contributed by atoms with Crippen LogP contribution in [0.1, 0.15) is 34.5 Å². The Morgan fingerprint density at radius 1 is 1.07 bits per heavy atom. The number of carbonyl (C=O) groups excluding carboxylic acids is 1. The van der Waals surface area contributed by atoms with Crippen molar-refractivity contribution in [1.82, 2.24) is 25.2 Å². The summed E-state index contributed by atoms with van der Waals surface area (Å²) in [4.78, 5) is 28.0. The van der Waals surface area contributed by atoms with Gasteiger partial charge in [-0.15, -0.1) is 0 Å². The van der Waals surface area contributed by atoms with Crippen LogP contribution in [0.3, 0.4) is 0 Å². The van der Waals surface area contributed by atoms with E-state index in [-0.39, 0.29) is 18.6 Å². The lowest BCUT2D eigenvalue weighted by Gasteiger charge is -2.32. The molecule has 0 spiro atoms. The van der Waals surface area contributed by atoms with Gasteiger partial charge in [-0.25, -0.2) is 9.97 Å². The van der Waals surface area contributed by atoms with Crippen molar-refractivity contribution < 1.29 is 9.90 Å². The summed E-state index contributed by atoms with van der Waals surface area (Å²) in [5.74, 6) is 0.388. The lowest BCUT2D eigenvalue weighted by molar-refractivity contribution is 0.0908. The van der Waals surface area contributed by atoms with Crippen molar-refractivity contribution >= 4 is 5.91 Å². The quantitative estimate of drug-likeness (QED) is 0.657. The van der Waals surface area contributed by atoms with Gasteiger partial charge in [0.1, 0.15) is 0 Å². The molecule has 4 rings (SSSR count). The number of carbonyl (C=O) groups is 1. The van der Waals surface area contributed by atoms with Gasteiger partial charge in [0.05, 0.1) is 17.9 Å². The summed E-state index contributed by atoms with van der Waals surface area (Å²) in [6.45, 7) is 2.67. The van der Waals surface area contributed by atoms with Crippen molar-refractivity contribution in [2.24, 2.45) is 0 Å². The number of hydrogen-bond donors (Lipinski definition) is 2. The van der Waals surface area contributed by atoms with E-state index in [2.05, 4.69) is 25.2 Å². The topological polar surface area (TPSA) is 91.2 Å². The van der Waals surface area contributed by atoms with E-state index < -0.39 is 0 Å². The van der Waals surface area contributed by atoms with E-state index in [1.807, 2.05) is 48.7 Å². The molecule has 0 radical (unpaired) electrons. The highest BCUT2D eigenvalue weighted by Crippen LogP contribution is 2.17. The van der Waals surface area contributed by atoms with E-state index in [1.165, 1.54) is 0 Å². The number of nitrogens with zero attached hydrogens (tertiary/aromatic N) is 4. The molecule has 0 unspecified atom stereocenters. The summed E-state index contributed by atoms with van der Waals surface area (Å²) in [6, 6.07) is 13.5. The van der Waals surface area contributed by atoms with Crippen LogP contribution in [-0.2, 0) is 13.2 Å². The maximum absolute atomic E-state index is 12.6. The molecule has 3 heterocycles. The molecule has 0 atom stereocenters. The van der Waals surface area contributed by atoms with Gasteiger partial charge in [-0.05, 0) is 36.6 Å². The number of aliphatic hydroxyl groups is 1. The van der Waals surface area contributed by atoms with Crippen LogP contribution in [0.2, 0.25) is 0 Å². The summed E-state index contributed by atoms with van der Waals surface area (Å²) in [5, 5.41) is 12.4. The molecule has 0 saturated carbocycles. The van der Waals surface area contributed by atoms with Gasteiger partial charge in [0.2, 0.25) is 0 Å². The SMILES string of the molecule is O=C(NC1CCN(Cc2ccccn2)CC1)c1cnc(-c2cccc(CO)c2)nc1. The molecule has 154 valence electrons. The number of likely N-dealkylation sites (tertiary alicyclic amines) is 1. The molecule has 0 bridgehead atoms. The van der Waals surface area contributed by atoms with Crippen LogP contribution < -0.4 is 5.32 Å². The lowest BCUT2D eigenvalue weighted by atomic mass is 10.0. The minimum absolute atomic E-state index is 0.0327. The first-order chi connectivity index (χ1) is 14.7. The number of amides is 1. The molecule has 7 heteroatoms. The van der Waals surface area contributed by atoms with Crippen molar-refractivity contribution in [3.8, 4) is 11.4 Å². The Bertz CT molecular complexity index is 970. The maximum atomic E-state index is 12.6. The second-order valence-corrected chi connectivity index (χ2v) is 7.50. The molecular weight excluding hydrogens is 378 g/mol. The molecule has 1 saturated heterocycles. The van der Waals surface area contributed by atoms with E-state index in [0.717, 1.165) is 49.3 Å². The Morgan fingerprint density at radius 2 is 1.87 bits per heavy atom. The van der Waals surface area contributed by atoms with Crippen LogP contribution in [-0.4, -0.2) is 50.0 Å². The van der Waals surface area contributed by atoms with E-state index in [1.54, 1.807) is 12.4 Å². The Morgan fingerprint density at radius 3 is 2.57 bits per heavy atom. The summed E-state index contributed by atoms with van der Waals surface area (Å²) in [7, 11) is 0. The Balaban J connectivity index is 1.30. The predicted molar refractivity (Wildman–Crippen MR) is 113 cm³/mol. The average Bonchev–Trinajstić information content (AvgIpc) is 2.81. The number of piperidine rings is 1. The third-order valence-corrected chi connectivity index (χ3v) is 5.32. The van der Waals surface area contributed by atoms with Crippen molar-refractivity contribution in [2.45, 2.75) is 32.0 Å². The third kappa shape index (κ3) is 5.06. The molecule has 1 aliphatic rings. The number of rotatable bonds is 6. The second kappa shape index (κ2) is 9.56. The first-order valence-corrected chi connectivity index (χ1v) is 10.2. The number of aromatic nitrogens is 3. The van der Waals surface area contributed by atoms with E-state index in [0.29, 0.717) is 11.4 Å². The smallest absolute Gasteiger partial charge is 0.254 e. The standard InChI is InChI=1S/C23H25N5O2/c29-16-17-4-3-5-18(12-17)22-25-13-19(14-26-22)23(30)27-20-7-10-28(11-8-20)15-21-6-1-2-9-24-21/h1-6,9,12-14,20,29H,7-8,10-11,15-16H2,(H,27,30). The lowest BCUT2D eigenvalue weighted by Crippen LogP contribution is -2.44. The summed E-state index contributed by atoms with van der Waals surface area (Å²) in [5.41, 5.74) is 3.14. The van der Waals surface area contributed by atoms with Crippen LogP contribution >= 0.6 is 0 Å². The zero-order chi connectivity index (χ0) is 20.8. The van der Waals surface area contributed by atoms with Gasteiger partial charge in [0.25, 0.3) is 5.91 Å². The van der Waals surface area contributed by atoms with Gasteiger partial charge in [0, 0.05) is 49.8 Å². The fourth-order valence-electron chi connectivity index (χ4n) is 3.63. The summed E-state index contributed by atoms with van der Waals surface area (Å²) >= 11 is 0. The minimum Gasteiger partial charge on any atom is -0.392 e. The zero-order valence-corrected chi connectivity index (χ0v) is 16.7. The fraction of sp³-hybridized carbons (Fsp3) is 0.304. The van der Waals surface area contributed by atoms with Gasteiger partial charge in [-0.3, -0.25) is 14.7 Å². The van der Waals surface area contributed by atoms with Crippen LogP contribution in [0.4, 0.5) is 0 Å². The Kier molecular flexibility index (Phi) is 6.41. The van der Waals surface area contributed by atoms with Gasteiger partial charge in [-0.2, -0.15) is 0 Å². The van der Waals surface area contributed by atoms with Crippen LogP contribution in [0.25, 0.3) is 11.4 Å². The van der Waals surface area contributed by atoms with Crippen LogP contribution in [0.5, 0.6) is 0 Å². The van der Waals surface area contributed by atoms with Gasteiger partial charge >= 0.3 is 0 Å². The Hall–Kier alpha value is -3.16. The number of nitrogens with one attached hydrogen (secondary N) is 1. The first kappa shape index (κ1) is 20.1. The zero-order valence-electron chi connectivity index (χ0n) is 16.7. The summed E-state index contributed by atoms with van der Waals surface area (Å²) < 4.78 is 0. The predicted octanol–water partition coefficient (Wildman–Crippen LogP) is 2.43. The molecule has 30 heavy (non-hydrogen) atoms. The van der Waals surface area contributed by atoms with E-state index >= 15 is 0 Å². The van der Waals surface area contributed by atoms with Crippen LogP contribution in [0.15, 0.2) is 61.1 Å². The van der Waals surface area contributed by atoms with Gasteiger partial charge in [-0.1, -0.05) is 24.3 Å². The molecule has 1 aromatic carbocycles. The average molecular weight is 403 g/mol. The summed E-state index contributed by atoms with van der Waals surface area (Å²) in [6.07, 6.45) is 6.74. The fourth-order valence-corrected chi connectivity index (χ4v) is 3.63. The largest absolute Gasteiger partial charge is 0.392 e. The minimum atomic E-state index is -0.145. The normalized spacial score (nSPS) is 15.1. The highest BCUT2D eigenvalue weighted by atomic mass is 16.3. The van der Waals surface area contributed by atoms with Crippen molar-refractivity contribution in [3.63, 3.8) is 0 Å². The molecule has 2 aromatic heterocycles. The number of pyridine rings is 1. The molecule has 1 aliphatic heterocycles. The molecule has 0 aliphatic carbocycles. The molecular formula is C23H25N5O2. The highest BCUT2D eigenvalue weighted by molar-refractivity contribution is 5.93. The Labute approximate surface area is 175 Å². The first-order valence-electron chi connectivity index (χ1n) is 10.2. The van der Waals surface area contributed by atoms with Crippen molar-refractivity contribution in [1.29, 1.82) is 0 Å². The number of benzene rings is 1. The monoisotopic (exact) mass is 403 g/mol. The van der Waals surface area contributed by atoms with Gasteiger partial charge in [0.15, 0.2) is 5.82 Å². The van der Waals surface area contributed by atoms with E-state index in [9.17, 15) is 9.90 Å². The second-order valence-electron chi connectivity index (χ2n) is 7.50. The highest BCUT2D eigenvalue weighted by Gasteiger charge is 2.21. The maximum Gasteiger partial charge on any atom is 0.254 e. The molecule has 1 fully saturated rings. The molecule has 3 aromatic rings. The molecule has 1 amide bonds. The number of aliphatic hydroxyl groups excluding tert-OH is 1. The van der Waals surface area contributed by atoms with Crippen LogP contribution in [0, 0.1) is 0 Å².